The predicted molar refractivity (Wildman–Crippen MR) is 69.3 cm³/mol. The molecule has 0 spiro atoms. The second-order valence-corrected chi connectivity index (χ2v) is 4.81. The fraction of sp³-hybridized carbons (Fsp3) is 0.231. The van der Waals surface area contributed by atoms with Gasteiger partial charge in [-0.3, -0.25) is 0 Å². The Bertz CT molecular complexity index is 500. The Morgan fingerprint density at radius 1 is 1.28 bits per heavy atom. The van der Waals surface area contributed by atoms with Crippen LogP contribution in [0.25, 0.3) is 0 Å². The fourth-order valence-corrected chi connectivity index (χ4v) is 2.28. The van der Waals surface area contributed by atoms with Gasteiger partial charge in [-0.25, -0.2) is 8.78 Å². The third-order valence-electron chi connectivity index (χ3n) is 2.46. The summed E-state index contributed by atoms with van der Waals surface area (Å²) in [6.45, 7) is 0.379. The molecule has 0 bridgehead atoms. The zero-order chi connectivity index (χ0) is 13.0. The van der Waals surface area contributed by atoms with Crippen LogP contribution in [0.5, 0.6) is 5.75 Å². The smallest absolute Gasteiger partial charge is 0.267 e. The van der Waals surface area contributed by atoms with E-state index in [-0.39, 0.29) is 11.3 Å². The van der Waals surface area contributed by atoms with Crippen LogP contribution in [0.4, 0.5) is 14.5 Å². The number of rotatable bonds is 5. The standard InChI is InChI=1S/C13H13F2NOS/c14-13(15)11-8-9(16)3-4-12(11)17-6-5-10-2-1-7-18-10/h1-4,7-8,13H,5-6,16H2. The Morgan fingerprint density at radius 3 is 2.78 bits per heavy atom. The van der Waals surface area contributed by atoms with Crippen LogP contribution < -0.4 is 10.5 Å². The Morgan fingerprint density at radius 2 is 2.11 bits per heavy atom. The summed E-state index contributed by atoms with van der Waals surface area (Å²) in [6, 6.07) is 8.25. The summed E-state index contributed by atoms with van der Waals surface area (Å²) in [5.41, 5.74) is 5.65. The summed E-state index contributed by atoms with van der Waals surface area (Å²) in [6.07, 6.45) is -1.87. The van der Waals surface area contributed by atoms with Crippen molar-refractivity contribution in [3.8, 4) is 5.75 Å². The maximum absolute atomic E-state index is 12.8. The van der Waals surface area contributed by atoms with Crippen LogP contribution in [-0.4, -0.2) is 6.61 Å². The van der Waals surface area contributed by atoms with Crippen molar-refractivity contribution in [3.63, 3.8) is 0 Å². The Kier molecular flexibility index (Phi) is 4.15. The minimum atomic E-state index is -2.58. The van der Waals surface area contributed by atoms with Gasteiger partial charge >= 0.3 is 0 Å². The third-order valence-corrected chi connectivity index (χ3v) is 3.39. The van der Waals surface area contributed by atoms with Crippen molar-refractivity contribution in [1.29, 1.82) is 0 Å². The van der Waals surface area contributed by atoms with Crippen LogP contribution in [0.15, 0.2) is 35.7 Å². The van der Waals surface area contributed by atoms with Gasteiger partial charge < -0.3 is 10.5 Å². The summed E-state index contributed by atoms with van der Waals surface area (Å²) < 4.78 is 30.9. The SMILES string of the molecule is Nc1ccc(OCCc2cccs2)c(C(F)F)c1. The normalized spacial score (nSPS) is 10.8. The van der Waals surface area contributed by atoms with Gasteiger partial charge in [0.2, 0.25) is 0 Å². The molecule has 96 valence electrons. The molecule has 5 heteroatoms. The second kappa shape index (κ2) is 5.82. The molecule has 0 radical (unpaired) electrons. The number of thiophene rings is 1. The molecule has 0 aliphatic rings. The quantitative estimate of drug-likeness (QED) is 0.836. The van der Waals surface area contributed by atoms with E-state index in [0.29, 0.717) is 18.7 Å². The first-order chi connectivity index (χ1) is 8.66. The summed E-state index contributed by atoms with van der Waals surface area (Å²) in [5.74, 6) is 0.204. The van der Waals surface area contributed by atoms with Crippen LogP contribution in [0.3, 0.4) is 0 Å². The molecular weight excluding hydrogens is 256 g/mol. The molecule has 0 aliphatic heterocycles. The zero-order valence-corrected chi connectivity index (χ0v) is 10.4. The van der Waals surface area contributed by atoms with Crippen molar-refractivity contribution in [2.75, 3.05) is 12.3 Å². The van der Waals surface area contributed by atoms with Crippen molar-refractivity contribution < 1.29 is 13.5 Å². The van der Waals surface area contributed by atoms with Gasteiger partial charge in [0, 0.05) is 17.0 Å². The molecular formula is C13H13F2NOS. The lowest BCUT2D eigenvalue weighted by Gasteiger charge is -2.11. The van der Waals surface area contributed by atoms with Crippen LogP contribution >= 0.6 is 11.3 Å². The zero-order valence-electron chi connectivity index (χ0n) is 9.61. The van der Waals surface area contributed by atoms with Gasteiger partial charge in [0.1, 0.15) is 5.75 Å². The average molecular weight is 269 g/mol. The maximum atomic E-state index is 12.8. The van der Waals surface area contributed by atoms with Crippen molar-refractivity contribution in [2.45, 2.75) is 12.8 Å². The van der Waals surface area contributed by atoms with E-state index in [4.69, 9.17) is 10.5 Å². The fourth-order valence-electron chi connectivity index (χ4n) is 1.59. The minimum Gasteiger partial charge on any atom is -0.493 e. The van der Waals surface area contributed by atoms with E-state index in [1.807, 2.05) is 17.5 Å². The number of hydrogen-bond acceptors (Lipinski definition) is 3. The highest BCUT2D eigenvalue weighted by molar-refractivity contribution is 7.09. The molecule has 1 heterocycles. The van der Waals surface area contributed by atoms with Crippen molar-refractivity contribution in [3.05, 3.63) is 46.2 Å². The van der Waals surface area contributed by atoms with E-state index in [2.05, 4.69) is 0 Å². The van der Waals surface area contributed by atoms with E-state index in [9.17, 15) is 8.78 Å². The van der Waals surface area contributed by atoms with Crippen molar-refractivity contribution in [1.82, 2.24) is 0 Å². The molecule has 2 aromatic rings. The van der Waals surface area contributed by atoms with Gasteiger partial charge in [-0.05, 0) is 29.6 Å². The largest absolute Gasteiger partial charge is 0.493 e. The molecule has 0 unspecified atom stereocenters. The van der Waals surface area contributed by atoms with E-state index in [1.54, 1.807) is 17.4 Å². The molecule has 18 heavy (non-hydrogen) atoms. The molecule has 0 saturated heterocycles. The molecule has 0 atom stereocenters. The van der Waals surface area contributed by atoms with Crippen molar-refractivity contribution >= 4 is 17.0 Å². The summed E-state index contributed by atoms with van der Waals surface area (Å²) in [7, 11) is 0. The lowest BCUT2D eigenvalue weighted by molar-refractivity contribution is 0.145. The van der Waals surface area contributed by atoms with E-state index >= 15 is 0 Å². The second-order valence-electron chi connectivity index (χ2n) is 3.78. The highest BCUT2D eigenvalue weighted by Gasteiger charge is 2.14. The molecule has 2 N–H and O–H groups in total. The average Bonchev–Trinajstić information content (AvgIpc) is 2.84. The topological polar surface area (TPSA) is 35.2 Å². The van der Waals surface area contributed by atoms with Crippen LogP contribution in [0.2, 0.25) is 0 Å². The van der Waals surface area contributed by atoms with Crippen LogP contribution in [-0.2, 0) is 6.42 Å². The molecule has 0 amide bonds. The summed E-state index contributed by atoms with van der Waals surface area (Å²) in [4.78, 5) is 1.17. The van der Waals surface area contributed by atoms with Crippen LogP contribution in [0.1, 0.15) is 16.9 Å². The molecule has 0 fully saturated rings. The van der Waals surface area contributed by atoms with Gasteiger partial charge in [0.05, 0.1) is 12.2 Å². The van der Waals surface area contributed by atoms with E-state index in [0.717, 1.165) is 0 Å². The Balaban J connectivity index is 2.00. The Hall–Kier alpha value is -1.62. The third kappa shape index (κ3) is 3.20. The molecule has 1 aromatic carbocycles. The van der Waals surface area contributed by atoms with Crippen molar-refractivity contribution in [2.24, 2.45) is 0 Å². The first-order valence-corrected chi connectivity index (χ1v) is 6.37. The first kappa shape index (κ1) is 12.8. The molecule has 0 saturated carbocycles. The van der Waals surface area contributed by atoms with Gasteiger partial charge in [-0.15, -0.1) is 11.3 Å². The van der Waals surface area contributed by atoms with Crippen LogP contribution in [0, 0.1) is 0 Å². The van der Waals surface area contributed by atoms with Gasteiger partial charge in [-0.1, -0.05) is 6.07 Å². The number of anilines is 1. The maximum Gasteiger partial charge on any atom is 0.267 e. The highest BCUT2D eigenvalue weighted by atomic mass is 32.1. The number of ether oxygens (including phenoxy) is 1. The molecule has 0 aliphatic carbocycles. The highest BCUT2D eigenvalue weighted by Crippen LogP contribution is 2.30. The number of halogens is 2. The number of alkyl halides is 2. The first-order valence-electron chi connectivity index (χ1n) is 5.49. The predicted octanol–water partition coefficient (Wildman–Crippen LogP) is 3.89. The molecule has 2 rings (SSSR count). The number of nitrogen functional groups attached to an aromatic ring is 1. The molecule has 1 aromatic heterocycles. The summed E-state index contributed by atoms with van der Waals surface area (Å²) in [5, 5.41) is 1.98. The number of nitrogens with two attached hydrogens (primary N) is 1. The summed E-state index contributed by atoms with van der Waals surface area (Å²) >= 11 is 1.62. The lowest BCUT2D eigenvalue weighted by Crippen LogP contribution is -2.03. The van der Waals surface area contributed by atoms with E-state index < -0.39 is 6.43 Å². The van der Waals surface area contributed by atoms with Gasteiger partial charge in [0.25, 0.3) is 6.43 Å². The minimum absolute atomic E-state index is 0.152. The van der Waals surface area contributed by atoms with Gasteiger partial charge in [0.15, 0.2) is 0 Å². The van der Waals surface area contributed by atoms with E-state index in [1.165, 1.54) is 17.0 Å². The lowest BCUT2D eigenvalue weighted by atomic mass is 10.2. The number of hydrogen-bond donors (Lipinski definition) is 1. The van der Waals surface area contributed by atoms with Gasteiger partial charge in [-0.2, -0.15) is 0 Å². The number of benzene rings is 1. The monoisotopic (exact) mass is 269 g/mol. The molecule has 2 nitrogen and oxygen atoms in total. The Labute approximate surface area is 108 Å².